The van der Waals surface area contributed by atoms with Gasteiger partial charge in [-0.05, 0) is 20.3 Å². The molecule has 0 aliphatic carbocycles. The number of carbonyl (C=O) groups is 3. The molecule has 0 aromatic carbocycles. The van der Waals surface area contributed by atoms with Crippen LogP contribution in [-0.2, 0) is 14.4 Å². The van der Waals surface area contributed by atoms with Crippen LogP contribution in [-0.4, -0.2) is 47.4 Å². The van der Waals surface area contributed by atoms with Crippen molar-refractivity contribution in [3.8, 4) is 0 Å². The monoisotopic (exact) mass is 258 g/mol. The average Bonchev–Trinajstić information content (AvgIpc) is 2.24. The van der Waals surface area contributed by atoms with Crippen molar-refractivity contribution in [2.45, 2.75) is 45.6 Å². The van der Waals surface area contributed by atoms with Crippen LogP contribution in [0.4, 0.5) is 0 Å². The van der Waals surface area contributed by atoms with Gasteiger partial charge in [0.25, 0.3) is 0 Å². The van der Waals surface area contributed by atoms with Gasteiger partial charge < -0.3 is 15.3 Å². The highest BCUT2D eigenvalue weighted by atomic mass is 16.4. The fourth-order valence-corrected chi connectivity index (χ4v) is 1.37. The number of hydrogen-bond acceptors (Lipinski definition) is 3. The molecule has 0 atom stereocenters. The molecule has 104 valence electrons. The number of carboxylic acid groups (broad SMARTS) is 1. The quantitative estimate of drug-likeness (QED) is 0.668. The summed E-state index contributed by atoms with van der Waals surface area (Å²) < 4.78 is 0. The molecule has 0 saturated heterocycles. The Kier molecular flexibility index (Phi) is 7.74. The molecule has 0 spiro atoms. The number of rotatable bonds is 8. The molecular formula is C12H22N2O4. The van der Waals surface area contributed by atoms with E-state index in [1.165, 1.54) is 4.90 Å². The average molecular weight is 258 g/mol. The molecule has 0 fully saturated rings. The fourth-order valence-electron chi connectivity index (χ4n) is 1.37. The SMILES string of the molecule is CC(C)NC(=O)CCCC(=O)N(C)CCC(=O)O. The first-order valence-corrected chi connectivity index (χ1v) is 6.08. The first-order chi connectivity index (χ1) is 8.32. The lowest BCUT2D eigenvalue weighted by atomic mass is 10.2. The van der Waals surface area contributed by atoms with E-state index >= 15 is 0 Å². The highest BCUT2D eigenvalue weighted by Crippen LogP contribution is 2.01. The minimum Gasteiger partial charge on any atom is -0.481 e. The maximum atomic E-state index is 11.6. The standard InChI is InChI=1S/C12H22N2O4/c1-9(2)13-10(15)5-4-6-11(16)14(3)8-7-12(17)18/h9H,4-8H2,1-3H3,(H,13,15)(H,17,18). The van der Waals surface area contributed by atoms with E-state index in [0.29, 0.717) is 12.8 Å². The zero-order chi connectivity index (χ0) is 14.1. The van der Waals surface area contributed by atoms with Gasteiger partial charge in [0.05, 0.1) is 6.42 Å². The molecule has 0 aromatic heterocycles. The molecule has 0 aliphatic heterocycles. The van der Waals surface area contributed by atoms with Crippen LogP contribution in [0.1, 0.15) is 39.5 Å². The number of carbonyl (C=O) groups excluding carboxylic acids is 2. The molecule has 0 aromatic rings. The van der Waals surface area contributed by atoms with E-state index in [-0.39, 0.29) is 37.2 Å². The Morgan fingerprint density at radius 3 is 2.28 bits per heavy atom. The minimum absolute atomic E-state index is 0.0594. The third-order valence-corrected chi connectivity index (χ3v) is 2.33. The smallest absolute Gasteiger partial charge is 0.305 e. The van der Waals surface area contributed by atoms with Gasteiger partial charge in [0.1, 0.15) is 0 Å². The van der Waals surface area contributed by atoms with Crippen LogP contribution in [0.5, 0.6) is 0 Å². The summed E-state index contributed by atoms with van der Waals surface area (Å²) in [5.41, 5.74) is 0. The summed E-state index contributed by atoms with van der Waals surface area (Å²) in [5.74, 6) is -1.12. The predicted molar refractivity (Wildman–Crippen MR) is 67.0 cm³/mol. The molecule has 0 radical (unpaired) electrons. The second kappa shape index (κ2) is 8.49. The molecule has 6 heteroatoms. The van der Waals surface area contributed by atoms with Gasteiger partial charge in [-0.1, -0.05) is 0 Å². The lowest BCUT2D eigenvalue weighted by molar-refractivity contribution is -0.138. The third kappa shape index (κ3) is 8.55. The molecule has 18 heavy (non-hydrogen) atoms. The summed E-state index contributed by atoms with van der Waals surface area (Å²) in [6.45, 7) is 3.96. The van der Waals surface area contributed by atoms with Crippen LogP contribution < -0.4 is 5.32 Å². The molecule has 0 saturated carbocycles. The summed E-state index contributed by atoms with van der Waals surface area (Å²) in [6.07, 6.45) is 1.00. The maximum absolute atomic E-state index is 11.6. The highest BCUT2D eigenvalue weighted by Gasteiger charge is 2.11. The van der Waals surface area contributed by atoms with Crippen LogP contribution >= 0.6 is 0 Å². The molecule has 2 amide bonds. The molecule has 2 N–H and O–H groups in total. The Morgan fingerprint density at radius 1 is 1.17 bits per heavy atom. The summed E-state index contributed by atoms with van der Waals surface area (Å²) in [7, 11) is 1.57. The van der Waals surface area contributed by atoms with Crippen molar-refractivity contribution in [2.24, 2.45) is 0 Å². The number of amides is 2. The third-order valence-electron chi connectivity index (χ3n) is 2.33. The largest absolute Gasteiger partial charge is 0.481 e. The van der Waals surface area contributed by atoms with Gasteiger partial charge >= 0.3 is 5.97 Å². The number of nitrogens with zero attached hydrogens (tertiary/aromatic N) is 1. The van der Waals surface area contributed by atoms with Crippen molar-refractivity contribution >= 4 is 17.8 Å². The number of aliphatic carboxylic acids is 1. The fraction of sp³-hybridized carbons (Fsp3) is 0.750. The summed E-state index contributed by atoms with van der Waals surface area (Å²) in [4.78, 5) is 34.6. The lowest BCUT2D eigenvalue weighted by Gasteiger charge is -2.15. The van der Waals surface area contributed by atoms with E-state index in [9.17, 15) is 14.4 Å². The normalized spacial score (nSPS) is 10.2. The summed E-state index contributed by atoms with van der Waals surface area (Å²) in [5, 5.41) is 11.2. The van der Waals surface area contributed by atoms with Crippen molar-refractivity contribution in [3.63, 3.8) is 0 Å². The van der Waals surface area contributed by atoms with Gasteiger partial charge in [-0.2, -0.15) is 0 Å². The van der Waals surface area contributed by atoms with Crippen LogP contribution in [0.2, 0.25) is 0 Å². The summed E-state index contributed by atoms with van der Waals surface area (Å²) >= 11 is 0. The molecule has 0 aliphatic rings. The summed E-state index contributed by atoms with van der Waals surface area (Å²) in [6, 6.07) is 0.103. The van der Waals surface area contributed by atoms with E-state index in [4.69, 9.17) is 5.11 Å². The molecule has 6 nitrogen and oxygen atoms in total. The lowest BCUT2D eigenvalue weighted by Crippen LogP contribution is -2.31. The van der Waals surface area contributed by atoms with Gasteiger partial charge in [0, 0.05) is 32.5 Å². The van der Waals surface area contributed by atoms with Gasteiger partial charge in [-0.15, -0.1) is 0 Å². The number of hydrogen-bond donors (Lipinski definition) is 2. The first kappa shape index (κ1) is 16.4. The zero-order valence-corrected chi connectivity index (χ0v) is 11.2. The van der Waals surface area contributed by atoms with Crippen LogP contribution in [0.25, 0.3) is 0 Å². The Labute approximate surface area is 107 Å². The van der Waals surface area contributed by atoms with Crippen LogP contribution in [0.15, 0.2) is 0 Å². The topological polar surface area (TPSA) is 86.7 Å². The van der Waals surface area contributed by atoms with Crippen LogP contribution in [0.3, 0.4) is 0 Å². The Bertz CT molecular complexity index is 302. The van der Waals surface area contributed by atoms with E-state index in [0.717, 1.165) is 0 Å². The zero-order valence-electron chi connectivity index (χ0n) is 11.2. The van der Waals surface area contributed by atoms with Crippen molar-refractivity contribution in [3.05, 3.63) is 0 Å². The van der Waals surface area contributed by atoms with Crippen LogP contribution in [0, 0.1) is 0 Å². The van der Waals surface area contributed by atoms with Gasteiger partial charge in [0.15, 0.2) is 0 Å². The molecule has 0 heterocycles. The predicted octanol–water partition coefficient (Wildman–Crippen LogP) is 0.614. The minimum atomic E-state index is -0.925. The highest BCUT2D eigenvalue weighted by molar-refractivity contribution is 5.79. The second-order valence-corrected chi connectivity index (χ2v) is 4.53. The second-order valence-electron chi connectivity index (χ2n) is 4.53. The van der Waals surface area contributed by atoms with E-state index < -0.39 is 5.97 Å². The Balaban J connectivity index is 3.75. The van der Waals surface area contributed by atoms with Gasteiger partial charge in [0.2, 0.25) is 11.8 Å². The van der Waals surface area contributed by atoms with Crippen molar-refractivity contribution in [2.75, 3.05) is 13.6 Å². The maximum Gasteiger partial charge on any atom is 0.305 e. The molecule has 0 rings (SSSR count). The van der Waals surface area contributed by atoms with E-state index in [2.05, 4.69) is 5.32 Å². The van der Waals surface area contributed by atoms with Crippen molar-refractivity contribution in [1.29, 1.82) is 0 Å². The van der Waals surface area contributed by atoms with E-state index in [1.807, 2.05) is 13.8 Å². The molecular weight excluding hydrogens is 236 g/mol. The molecule has 0 unspecified atom stereocenters. The molecule has 0 bridgehead atoms. The van der Waals surface area contributed by atoms with Crippen molar-refractivity contribution in [1.82, 2.24) is 10.2 Å². The van der Waals surface area contributed by atoms with E-state index in [1.54, 1.807) is 7.05 Å². The Morgan fingerprint density at radius 2 is 1.78 bits per heavy atom. The van der Waals surface area contributed by atoms with Gasteiger partial charge in [-0.25, -0.2) is 0 Å². The Hall–Kier alpha value is -1.59. The van der Waals surface area contributed by atoms with Gasteiger partial charge in [-0.3, -0.25) is 14.4 Å². The number of carboxylic acids is 1. The van der Waals surface area contributed by atoms with Crippen molar-refractivity contribution < 1.29 is 19.5 Å². The number of nitrogens with one attached hydrogen (secondary N) is 1. The first-order valence-electron chi connectivity index (χ1n) is 6.08.